The lowest BCUT2D eigenvalue weighted by molar-refractivity contribution is -0.183. The summed E-state index contributed by atoms with van der Waals surface area (Å²) in [6.07, 6.45) is 2.06. The number of hydrogen-bond acceptors (Lipinski definition) is 14. The van der Waals surface area contributed by atoms with Gasteiger partial charge in [0.15, 0.2) is 36.5 Å². The van der Waals surface area contributed by atoms with Crippen LogP contribution < -0.4 is 9.47 Å². The van der Waals surface area contributed by atoms with Gasteiger partial charge in [-0.05, 0) is 39.3 Å². The van der Waals surface area contributed by atoms with Crippen LogP contribution in [-0.4, -0.2) is 101 Å². The molecule has 6 rings (SSSR count). The summed E-state index contributed by atoms with van der Waals surface area (Å²) in [5.41, 5.74) is 2.20. The average molecular weight is 749 g/mol. The van der Waals surface area contributed by atoms with Crippen LogP contribution in [0, 0.1) is 0 Å². The van der Waals surface area contributed by atoms with Gasteiger partial charge in [-0.2, -0.15) is 0 Å². The van der Waals surface area contributed by atoms with Gasteiger partial charge in [-0.1, -0.05) is 60.7 Å². The molecular weight excluding hydrogens is 700 g/mol. The fraction of sp³-hybridized carbons (Fsp3) is 0.450. The summed E-state index contributed by atoms with van der Waals surface area (Å²) >= 11 is 0. The Morgan fingerprint density at radius 1 is 0.630 bits per heavy atom. The minimum Gasteiger partial charge on any atom is -0.465 e. The summed E-state index contributed by atoms with van der Waals surface area (Å²) < 4.78 is 58.0. The lowest BCUT2D eigenvalue weighted by atomic mass is 10.1. The average Bonchev–Trinajstić information content (AvgIpc) is 3.99. The van der Waals surface area contributed by atoms with E-state index < -0.39 is 49.6 Å². The summed E-state index contributed by atoms with van der Waals surface area (Å²) in [5.74, 6) is -0.122. The number of rotatable bonds is 18. The molecule has 0 N–H and O–H groups in total. The Morgan fingerprint density at radius 2 is 1.04 bits per heavy atom. The quantitative estimate of drug-likeness (QED) is 0.0771. The summed E-state index contributed by atoms with van der Waals surface area (Å²) in [6, 6.07) is 23.3. The summed E-state index contributed by atoms with van der Waals surface area (Å²) in [6.45, 7) is 0.542. The molecule has 0 spiro atoms. The van der Waals surface area contributed by atoms with Gasteiger partial charge in [-0.25, -0.2) is 9.59 Å². The molecule has 2 aromatic carbocycles. The molecule has 54 heavy (non-hydrogen) atoms. The highest BCUT2D eigenvalue weighted by Crippen LogP contribution is 2.28. The van der Waals surface area contributed by atoms with Gasteiger partial charge < -0.3 is 46.7 Å². The number of esters is 2. The van der Waals surface area contributed by atoms with Gasteiger partial charge in [-0.3, -0.25) is 9.80 Å². The zero-order chi connectivity index (χ0) is 37.9. The van der Waals surface area contributed by atoms with Crippen LogP contribution in [0.4, 0.5) is 0 Å². The van der Waals surface area contributed by atoms with Gasteiger partial charge >= 0.3 is 11.9 Å². The predicted octanol–water partition coefficient (Wildman–Crippen LogP) is 4.94. The molecule has 0 amide bonds. The first-order chi connectivity index (χ1) is 26.2. The molecule has 14 nitrogen and oxygen atoms in total. The first-order valence-electron chi connectivity index (χ1n) is 18.0. The molecule has 2 aromatic heterocycles. The Kier molecular flexibility index (Phi) is 13.8. The second-order valence-corrected chi connectivity index (χ2v) is 13.4. The Morgan fingerprint density at radius 3 is 1.43 bits per heavy atom. The molecule has 2 saturated heterocycles. The highest BCUT2D eigenvalue weighted by Gasteiger charge is 2.32. The minimum absolute atomic E-state index is 0.271. The molecule has 0 bridgehead atoms. The molecule has 6 atom stereocenters. The van der Waals surface area contributed by atoms with Crippen LogP contribution >= 0.6 is 0 Å². The van der Waals surface area contributed by atoms with Gasteiger partial charge in [0.25, 0.3) is 0 Å². The molecule has 14 heteroatoms. The van der Waals surface area contributed by atoms with E-state index in [4.69, 9.17) is 46.7 Å². The van der Waals surface area contributed by atoms with Gasteiger partial charge in [0.2, 0.25) is 12.6 Å². The standard InChI is InChI=1S/C40H48N2O12/c1-41(2)33(17-15-29-31(19-21-45-29)49-37-25-47-35(53-37)23-27-11-7-5-8-12-27)51-39(43)40(44)52-34(42(3)4)18-16-30-32(20-22-46-30)50-38-26-48-36(54-38)24-28-13-9-6-10-14-28/h5-14,19-22,33-38H,15-18,23-26H2,1-4H3. The number of benzene rings is 2. The van der Waals surface area contributed by atoms with Crippen molar-refractivity contribution in [1.29, 1.82) is 0 Å². The molecule has 2 aliphatic heterocycles. The Labute approximate surface area is 314 Å². The van der Waals surface area contributed by atoms with Crippen LogP contribution in [0.3, 0.4) is 0 Å². The third-order valence-corrected chi connectivity index (χ3v) is 8.90. The minimum atomic E-state index is -1.11. The monoisotopic (exact) mass is 748 g/mol. The molecule has 0 aliphatic carbocycles. The van der Waals surface area contributed by atoms with E-state index in [0.29, 0.717) is 61.5 Å². The van der Waals surface area contributed by atoms with E-state index in [9.17, 15) is 9.59 Å². The molecule has 4 aromatic rings. The number of hydrogen-bond donors (Lipinski definition) is 0. The van der Waals surface area contributed by atoms with Gasteiger partial charge in [0, 0.05) is 50.7 Å². The first kappa shape index (κ1) is 39.0. The number of nitrogens with zero attached hydrogens (tertiary/aromatic N) is 2. The number of ether oxygens (including phenoxy) is 8. The SMILES string of the molecule is CN(C)C(CCc1occc1OC1COC(Cc2ccccc2)O1)OC(=O)C(=O)OC(CCc1occc1OC1COC(Cc2ccccc2)O1)N(C)C. The zero-order valence-corrected chi connectivity index (χ0v) is 31.0. The fourth-order valence-electron chi connectivity index (χ4n) is 6.03. The van der Waals surface area contributed by atoms with Crippen molar-refractivity contribution < 1.29 is 56.3 Å². The van der Waals surface area contributed by atoms with Gasteiger partial charge in [-0.15, -0.1) is 0 Å². The molecule has 290 valence electrons. The van der Waals surface area contributed by atoms with E-state index in [1.54, 1.807) is 50.1 Å². The van der Waals surface area contributed by atoms with Crippen LogP contribution in [0.1, 0.15) is 35.5 Å². The van der Waals surface area contributed by atoms with Crippen molar-refractivity contribution in [1.82, 2.24) is 9.80 Å². The van der Waals surface area contributed by atoms with Crippen LogP contribution in [0.25, 0.3) is 0 Å². The summed E-state index contributed by atoms with van der Waals surface area (Å²) in [7, 11) is 6.99. The van der Waals surface area contributed by atoms with Crippen molar-refractivity contribution in [3.05, 3.63) is 108 Å². The summed E-state index contributed by atoms with van der Waals surface area (Å²) in [5, 5.41) is 0. The highest BCUT2D eigenvalue weighted by atomic mass is 16.8. The van der Waals surface area contributed by atoms with Crippen LogP contribution in [0.2, 0.25) is 0 Å². The maximum atomic E-state index is 13.0. The van der Waals surface area contributed by atoms with E-state index in [0.717, 1.165) is 11.1 Å². The van der Waals surface area contributed by atoms with E-state index in [1.165, 1.54) is 12.5 Å². The number of carbonyl (C=O) groups excluding carboxylic acids is 2. The number of aryl methyl sites for hydroxylation is 2. The largest absolute Gasteiger partial charge is 0.465 e. The van der Waals surface area contributed by atoms with Crippen LogP contribution in [0.5, 0.6) is 11.5 Å². The Hall–Kier alpha value is -4.70. The van der Waals surface area contributed by atoms with Crippen LogP contribution in [0.15, 0.2) is 94.2 Å². The van der Waals surface area contributed by atoms with Crippen molar-refractivity contribution in [2.45, 2.75) is 76.1 Å². The Balaban J connectivity index is 0.942. The Bertz CT molecular complexity index is 1620. The topological polar surface area (TPSA) is 141 Å². The predicted molar refractivity (Wildman–Crippen MR) is 192 cm³/mol. The molecule has 2 fully saturated rings. The second-order valence-electron chi connectivity index (χ2n) is 13.4. The molecule has 0 saturated carbocycles. The third kappa shape index (κ3) is 11.2. The van der Waals surface area contributed by atoms with E-state index >= 15 is 0 Å². The van der Waals surface area contributed by atoms with Crippen LogP contribution in [-0.2, 0) is 63.7 Å². The van der Waals surface area contributed by atoms with E-state index in [1.807, 2.05) is 60.7 Å². The molecule has 6 unspecified atom stereocenters. The molecule has 0 radical (unpaired) electrons. The number of furan rings is 2. The van der Waals surface area contributed by atoms with Crippen molar-refractivity contribution in [2.75, 3.05) is 41.4 Å². The lowest BCUT2D eigenvalue weighted by Crippen LogP contribution is -2.39. The molecule has 2 aliphatic rings. The van der Waals surface area contributed by atoms with Crippen molar-refractivity contribution in [2.24, 2.45) is 0 Å². The lowest BCUT2D eigenvalue weighted by Gasteiger charge is -2.26. The number of carbonyl (C=O) groups is 2. The maximum absolute atomic E-state index is 13.0. The van der Waals surface area contributed by atoms with Crippen molar-refractivity contribution >= 4 is 11.9 Å². The zero-order valence-electron chi connectivity index (χ0n) is 31.0. The third-order valence-electron chi connectivity index (χ3n) is 8.90. The normalized spacial score (nSPS) is 20.9. The first-order valence-corrected chi connectivity index (χ1v) is 18.0. The van der Waals surface area contributed by atoms with Gasteiger partial charge in [0.05, 0.1) is 12.5 Å². The molecule has 4 heterocycles. The highest BCUT2D eigenvalue weighted by molar-refractivity contribution is 6.29. The van der Waals surface area contributed by atoms with Gasteiger partial charge in [0.1, 0.15) is 24.7 Å². The van der Waals surface area contributed by atoms with E-state index in [-0.39, 0.29) is 13.2 Å². The second kappa shape index (κ2) is 19.1. The van der Waals surface area contributed by atoms with Crippen molar-refractivity contribution in [3.8, 4) is 11.5 Å². The van der Waals surface area contributed by atoms with Crippen molar-refractivity contribution in [3.63, 3.8) is 0 Å². The fourth-order valence-corrected chi connectivity index (χ4v) is 6.03. The maximum Gasteiger partial charge on any atom is 0.419 e. The van der Waals surface area contributed by atoms with E-state index in [2.05, 4.69) is 0 Å². The molecular formula is C40H48N2O12. The smallest absolute Gasteiger partial charge is 0.419 e. The summed E-state index contributed by atoms with van der Waals surface area (Å²) in [4.78, 5) is 29.3.